The number of aromatic nitrogens is 2. The number of hydrogen-bond donors (Lipinski definition) is 1. The Morgan fingerprint density at radius 2 is 2.19 bits per heavy atom. The number of ether oxygens (including phenoxy) is 1. The van der Waals surface area contributed by atoms with E-state index in [0.29, 0.717) is 19.6 Å². The molecule has 0 spiro atoms. The van der Waals surface area contributed by atoms with E-state index in [9.17, 15) is 13.2 Å². The molecule has 1 unspecified atom stereocenters. The summed E-state index contributed by atoms with van der Waals surface area (Å²) in [5, 5.41) is 2.82. The predicted molar refractivity (Wildman–Crippen MR) is 73.4 cm³/mol. The highest BCUT2D eigenvalue weighted by Gasteiger charge is 2.36. The van der Waals surface area contributed by atoms with Crippen LogP contribution < -0.4 is 10.2 Å². The third-order valence-electron chi connectivity index (χ3n) is 3.36. The Kier molecular flexibility index (Phi) is 4.87. The normalized spacial score (nSPS) is 19.7. The first-order chi connectivity index (χ1) is 9.94. The fraction of sp³-hybridized carbons (Fsp3) is 0.692. The molecule has 2 heterocycles. The summed E-state index contributed by atoms with van der Waals surface area (Å²) in [5.41, 5.74) is 0. The number of halogens is 3. The Balaban J connectivity index is 2.31. The lowest BCUT2D eigenvalue weighted by Crippen LogP contribution is -2.40. The molecule has 1 aliphatic rings. The minimum Gasteiger partial charge on any atom is -0.380 e. The number of hydrogen-bond acceptors (Lipinski definition) is 5. The Labute approximate surface area is 121 Å². The first-order valence-electron chi connectivity index (χ1n) is 6.92. The maximum atomic E-state index is 12.9. The van der Waals surface area contributed by atoms with Crippen molar-refractivity contribution in [2.45, 2.75) is 32.0 Å². The zero-order valence-electron chi connectivity index (χ0n) is 12.1. The third kappa shape index (κ3) is 3.96. The van der Waals surface area contributed by atoms with Crippen LogP contribution in [-0.2, 0) is 10.9 Å². The van der Waals surface area contributed by atoms with Gasteiger partial charge in [0.25, 0.3) is 0 Å². The van der Waals surface area contributed by atoms with Crippen LogP contribution in [0.1, 0.15) is 25.6 Å². The second-order valence-corrected chi connectivity index (χ2v) is 4.91. The van der Waals surface area contributed by atoms with Crippen LogP contribution in [0.3, 0.4) is 0 Å². The maximum Gasteiger partial charge on any atom is 0.451 e. The molecule has 0 aromatic carbocycles. The number of nitrogens with zero attached hydrogens (tertiary/aromatic N) is 3. The quantitative estimate of drug-likeness (QED) is 0.926. The van der Waals surface area contributed by atoms with Gasteiger partial charge in [0.2, 0.25) is 5.82 Å². The van der Waals surface area contributed by atoms with E-state index in [-0.39, 0.29) is 17.7 Å². The molecule has 1 N–H and O–H groups in total. The fourth-order valence-corrected chi connectivity index (χ4v) is 2.33. The minimum absolute atomic E-state index is 0.0191. The van der Waals surface area contributed by atoms with E-state index in [1.807, 2.05) is 4.90 Å². The minimum atomic E-state index is -4.56. The van der Waals surface area contributed by atoms with E-state index in [1.54, 1.807) is 20.1 Å². The lowest BCUT2D eigenvalue weighted by molar-refractivity contribution is -0.144. The molecule has 1 aliphatic heterocycles. The zero-order valence-corrected chi connectivity index (χ0v) is 12.1. The first kappa shape index (κ1) is 15.8. The van der Waals surface area contributed by atoms with Crippen LogP contribution in [0.25, 0.3) is 0 Å². The Hall–Kier alpha value is -1.57. The summed E-state index contributed by atoms with van der Waals surface area (Å²) in [6.45, 7) is 3.50. The average Bonchev–Trinajstić information content (AvgIpc) is 2.46. The van der Waals surface area contributed by atoms with Gasteiger partial charge >= 0.3 is 6.18 Å². The van der Waals surface area contributed by atoms with Gasteiger partial charge < -0.3 is 15.0 Å². The molecular formula is C13H19F3N4O. The van der Waals surface area contributed by atoms with Gasteiger partial charge in [-0.15, -0.1) is 0 Å². The molecule has 0 aliphatic carbocycles. The summed E-state index contributed by atoms with van der Waals surface area (Å²) in [5.74, 6) is -0.639. The van der Waals surface area contributed by atoms with Gasteiger partial charge in [-0.25, -0.2) is 9.97 Å². The zero-order chi connectivity index (χ0) is 15.5. The smallest absolute Gasteiger partial charge is 0.380 e. The lowest BCUT2D eigenvalue weighted by atomic mass is 10.1. The highest BCUT2D eigenvalue weighted by Crippen LogP contribution is 2.30. The number of piperidine rings is 1. The molecule has 1 aromatic heterocycles. The summed E-state index contributed by atoms with van der Waals surface area (Å²) in [7, 11) is 1.61. The van der Waals surface area contributed by atoms with Gasteiger partial charge in [0.05, 0.1) is 6.10 Å². The van der Waals surface area contributed by atoms with E-state index in [4.69, 9.17) is 4.74 Å². The second kappa shape index (κ2) is 6.46. The number of methoxy groups -OCH3 is 1. The van der Waals surface area contributed by atoms with E-state index in [0.717, 1.165) is 12.8 Å². The van der Waals surface area contributed by atoms with Crippen molar-refractivity contribution >= 4 is 11.6 Å². The molecule has 1 aromatic rings. The van der Waals surface area contributed by atoms with Gasteiger partial charge in [-0.3, -0.25) is 0 Å². The van der Waals surface area contributed by atoms with Gasteiger partial charge in [-0.2, -0.15) is 13.2 Å². The summed E-state index contributed by atoms with van der Waals surface area (Å²) in [6.07, 6.45) is -2.77. The summed E-state index contributed by atoms with van der Waals surface area (Å²) in [6, 6.07) is 1.55. The molecule has 118 valence electrons. The summed E-state index contributed by atoms with van der Waals surface area (Å²) in [4.78, 5) is 9.01. The van der Waals surface area contributed by atoms with Gasteiger partial charge in [0.15, 0.2) is 0 Å². The lowest BCUT2D eigenvalue weighted by Gasteiger charge is -2.33. The predicted octanol–water partition coefficient (Wildman–Crippen LogP) is 2.54. The molecule has 1 atom stereocenters. The Morgan fingerprint density at radius 1 is 1.43 bits per heavy atom. The van der Waals surface area contributed by atoms with Crippen LogP contribution in [-0.4, -0.2) is 42.8 Å². The maximum absolute atomic E-state index is 12.9. The van der Waals surface area contributed by atoms with Crippen molar-refractivity contribution in [3.8, 4) is 0 Å². The van der Waals surface area contributed by atoms with Crippen LogP contribution >= 0.6 is 0 Å². The van der Waals surface area contributed by atoms with Crippen LogP contribution in [0.2, 0.25) is 0 Å². The highest BCUT2D eigenvalue weighted by atomic mass is 19.4. The van der Waals surface area contributed by atoms with Crippen LogP contribution in [0.15, 0.2) is 6.07 Å². The molecule has 1 saturated heterocycles. The number of nitrogens with one attached hydrogen (secondary N) is 1. The standard InChI is InChI=1S/C13H19F3N4O/c1-3-17-10-7-11(19-12(18-10)13(14,15)16)20-6-4-5-9(8-20)21-2/h7,9H,3-6,8H2,1-2H3,(H,17,18,19). The van der Waals surface area contributed by atoms with Crippen molar-refractivity contribution < 1.29 is 17.9 Å². The Bertz CT molecular complexity index is 481. The van der Waals surface area contributed by atoms with Crippen LogP contribution in [0.5, 0.6) is 0 Å². The van der Waals surface area contributed by atoms with Gasteiger partial charge in [-0.1, -0.05) is 0 Å². The third-order valence-corrected chi connectivity index (χ3v) is 3.36. The monoisotopic (exact) mass is 304 g/mol. The molecular weight excluding hydrogens is 285 g/mol. The molecule has 1 fully saturated rings. The first-order valence-corrected chi connectivity index (χ1v) is 6.92. The second-order valence-electron chi connectivity index (χ2n) is 4.91. The van der Waals surface area contributed by atoms with E-state index >= 15 is 0 Å². The fourth-order valence-electron chi connectivity index (χ4n) is 2.33. The van der Waals surface area contributed by atoms with E-state index in [1.165, 1.54) is 0 Å². The van der Waals surface area contributed by atoms with E-state index in [2.05, 4.69) is 15.3 Å². The van der Waals surface area contributed by atoms with Gasteiger partial charge in [0.1, 0.15) is 11.6 Å². The Morgan fingerprint density at radius 3 is 2.81 bits per heavy atom. The number of anilines is 2. The van der Waals surface area contributed by atoms with Crippen molar-refractivity contribution in [1.82, 2.24) is 9.97 Å². The average molecular weight is 304 g/mol. The molecule has 0 saturated carbocycles. The van der Waals surface area contributed by atoms with Crippen molar-refractivity contribution in [2.24, 2.45) is 0 Å². The molecule has 5 nitrogen and oxygen atoms in total. The molecule has 0 bridgehead atoms. The van der Waals surface area contributed by atoms with Gasteiger partial charge in [0, 0.05) is 32.8 Å². The van der Waals surface area contributed by atoms with Gasteiger partial charge in [-0.05, 0) is 19.8 Å². The molecule has 21 heavy (non-hydrogen) atoms. The molecule has 8 heteroatoms. The summed E-state index contributed by atoms with van der Waals surface area (Å²) >= 11 is 0. The van der Waals surface area contributed by atoms with Crippen molar-refractivity contribution in [1.29, 1.82) is 0 Å². The summed E-state index contributed by atoms with van der Waals surface area (Å²) < 4.78 is 44.0. The van der Waals surface area contributed by atoms with Crippen molar-refractivity contribution in [3.63, 3.8) is 0 Å². The molecule has 2 rings (SSSR count). The van der Waals surface area contributed by atoms with Crippen molar-refractivity contribution in [2.75, 3.05) is 37.0 Å². The van der Waals surface area contributed by atoms with Crippen molar-refractivity contribution in [3.05, 3.63) is 11.9 Å². The largest absolute Gasteiger partial charge is 0.451 e. The SMILES string of the molecule is CCNc1cc(N2CCCC(OC)C2)nc(C(F)(F)F)n1. The number of rotatable bonds is 4. The number of alkyl halides is 3. The van der Waals surface area contributed by atoms with Crippen LogP contribution in [0.4, 0.5) is 24.8 Å². The van der Waals surface area contributed by atoms with E-state index < -0.39 is 12.0 Å². The molecule has 0 radical (unpaired) electrons. The molecule has 0 amide bonds. The highest BCUT2D eigenvalue weighted by molar-refractivity contribution is 5.50. The topological polar surface area (TPSA) is 50.3 Å². The van der Waals surface area contributed by atoms with Crippen LogP contribution in [0, 0.1) is 0 Å².